The number of fused-ring (bicyclic) bond motifs is 1. The number of pyridine rings is 1. The normalized spacial score (nSPS) is 10.8. The van der Waals surface area contributed by atoms with Crippen LogP contribution in [-0.4, -0.2) is 10.9 Å². The van der Waals surface area contributed by atoms with E-state index >= 15 is 0 Å². The summed E-state index contributed by atoms with van der Waals surface area (Å²) in [5.41, 5.74) is 8.24. The van der Waals surface area contributed by atoms with E-state index in [0.29, 0.717) is 10.6 Å². The second-order valence-electron chi connectivity index (χ2n) is 4.61. The van der Waals surface area contributed by atoms with E-state index in [1.165, 1.54) is 11.3 Å². The second kappa shape index (κ2) is 5.61. The first-order chi connectivity index (χ1) is 10.0. The zero-order valence-electron chi connectivity index (χ0n) is 11.2. The van der Waals surface area contributed by atoms with Gasteiger partial charge in [-0.2, -0.15) is 0 Å². The van der Waals surface area contributed by atoms with Crippen LogP contribution in [0.3, 0.4) is 0 Å². The molecule has 0 saturated carbocycles. The number of thiophene rings is 1. The van der Waals surface area contributed by atoms with Crippen LogP contribution >= 0.6 is 33.9 Å². The van der Waals surface area contributed by atoms with Crippen LogP contribution in [0.25, 0.3) is 10.2 Å². The molecule has 21 heavy (non-hydrogen) atoms. The number of amides is 1. The first-order valence-corrected chi connectivity index (χ1v) is 8.16. The van der Waals surface area contributed by atoms with Crippen LogP contribution in [0.4, 0.5) is 11.4 Å². The molecule has 0 bridgehead atoms. The number of hydrogen-bond acceptors (Lipinski definition) is 4. The van der Waals surface area contributed by atoms with Crippen molar-refractivity contribution in [3.8, 4) is 0 Å². The molecule has 3 N–H and O–H groups in total. The van der Waals surface area contributed by atoms with E-state index in [0.717, 1.165) is 25.2 Å². The summed E-state index contributed by atoms with van der Waals surface area (Å²) >= 11 is 3.52. The number of nitrogens with zero attached hydrogens (tertiary/aromatic N) is 1. The number of hydrogen-bond donors (Lipinski definition) is 2. The smallest absolute Gasteiger partial charge is 0.267 e. The average Bonchev–Trinajstić information content (AvgIpc) is 2.75. The molecule has 106 valence electrons. The highest BCUT2D eigenvalue weighted by Crippen LogP contribution is 2.33. The van der Waals surface area contributed by atoms with Gasteiger partial charge < -0.3 is 11.1 Å². The van der Waals surface area contributed by atoms with Gasteiger partial charge in [0.1, 0.15) is 9.71 Å². The molecule has 6 heteroatoms. The standard InChI is InChI=1S/C15H12IN3OS/c1-8-5-6-11-12(17)13(21-15(11)18-8)14(20)19-10-4-2-3-9(16)7-10/h2-7H,17H2,1H3,(H,19,20). The van der Waals surface area contributed by atoms with Gasteiger partial charge in [-0.25, -0.2) is 4.98 Å². The van der Waals surface area contributed by atoms with E-state index in [9.17, 15) is 4.79 Å². The van der Waals surface area contributed by atoms with E-state index in [1.54, 1.807) is 0 Å². The molecule has 1 amide bonds. The van der Waals surface area contributed by atoms with E-state index in [1.807, 2.05) is 43.3 Å². The summed E-state index contributed by atoms with van der Waals surface area (Å²) in [6, 6.07) is 11.4. The third-order valence-corrected chi connectivity index (χ3v) is 4.81. The van der Waals surface area contributed by atoms with Crippen molar-refractivity contribution in [3.63, 3.8) is 0 Å². The molecule has 0 radical (unpaired) electrons. The molecular weight excluding hydrogens is 397 g/mol. The number of nitrogens with one attached hydrogen (secondary N) is 1. The first kappa shape index (κ1) is 14.3. The molecular formula is C15H12IN3OS. The molecule has 0 spiro atoms. The molecule has 4 nitrogen and oxygen atoms in total. The zero-order chi connectivity index (χ0) is 15.0. The molecule has 3 rings (SSSR count). The number of carbonyl (C=O) groups is 1. The predicted octanol–water partition coefficient (Wildman–Crippen LogP) is 4.04. The molecule has 2 heterocycles. The van der Waals surface area contributed by atoms with E-state index in [4.69, 9.17) is 5.73 Å². The number of carbonyl (C=O) groups excluding carboxylic acids is 1. The maximum atomic E-state index is 12.4. The molecule has 3 aromatic rings. The lowest BCUT2D eigenvalue weighted by atomic mass is 10.2. The van der Waals surface area contributed by atoms with Crippen molar-refractivity contribution in [1.82, 2.24) is 4.98 Å². The van der Waals surface area contributed by atoms with E-state index < -0.39 is 0 Å². The van der Waals surface area contributed by atoms with Crippen molar-refractivity contribution in [2.24, 2.45) is 0 Å². The van der Waals surface area contributed by atoms with Gasteiger partial charge in [0.25, 0.3) is 5.91 Å². The lowest BCUT2D eigenvalue weighted by molar-refractivity contribution is 0.103. The minimum Gasteiger partial charge on any atom is -0.397 e. The number of nitrogens with two attached hydrogens (primary N) is 1. The molecule has 0 unspecified atom stereocenters. The minimum absolute atomic E-state index is 0.199. The van der Waals surface area contributed by atoms with Crippen LogP contribution in [0.5, 0.6) is 0 Å². The molecule has 0 aliphatic heterocycles. The highest BCUT2D eigenvalue weighted by Gasteiger charge is 2.17. The first-order valence-electron chi connectivity index (χ1n) is 6.27. The van der Waals surface area contributed by atoms with Crippen LogP contribution in [0.15, 0.2) is 36.4 Å². The monoisotopic (exact) mass is 409 g/mol. The van der Waals surface area contributed by atoms with Crippen molar-refractivity contribution in [3.05, 3.63) is 50.5 Å². The van der Waals surface area contributed by atoms with Gasteiger partial charge in [-0.3, -0.25) is 4.79 Å². The van der Waals surface area contributed by atoms with Crippen molar-refractivity contribution < 1.29 is 4.79 Å². The Kier molecular flexibility index (Phi) is 3.81. The van der Waals surface area contributed by atoms with Crippen LogP contribution in [-0.2, 0) is 0 Å². The van der Waals surface area contributed by atoms with Gasteiger partial charge in [-0.05, 0) is 59.8 Å². The Morgan fingerprint density at radius 3 is 2.90 bits per heavy atom. The number of aryl methyl sites for hydroxylation is 1. The van der Waals surface area contributed by atoms with E-state index in [2.05, 4.69) is 32.9 Å². The van der Waals surface area contributed by atoms with E-state index in [-0.39, 0.29) is 5.91 Å². The van der Waals surface area contributed by atoms with Crippen molar-refractivity contribution in [1.29, 1.82) is 0 Å². The van der Waals surface area contributed by atoms with Crippen LogP contribution in [0, 0.1) is 10.5 Å². The number of halogens is 1. The maximum Gasteiger partial charge on any atom is 0.267 e. The van der Waals surface area contributed by atoms with Crippen molar-refractivity contribution in [2.75, 3.05) is 11.1 Å². The highest BCUT2D eigenvalue weighted by atomic mass is 127. The highest BCUT2D eigenvalue weighted by molar-refractivity contribution is 14.1. The molecule has 0 atom stereocenters. The topological polar surface area (TPSA) is 68.0 Å². The molecule has 1 aromatic carbocycles. The maximum absolute atomic E-state index is 12.4. The largest absolute Gasteiger partial charge is 0.397 e. The number of benzene rings is 1. The van der Waals surface area contributed by atoms with Gasteiger partial charge in [0, 0.05) is 20.3 Å². The molecule has 0 aliphatic rings. The fourth-order valence-corrected chi connectivity index (χ4v) is 3.59. The summed E-state index contributed by atoms with van der Waals surface area (Å²) in [6.45, 7) is 1.92. The number of anilines is 2. The fraction of sp³-hybridized carbons (Fsp3) is 0.0667. The number of nitrogen functional groups attached to an aromatic ring is 1. The Morgan fingerprint density at radius 1 is 1.33 bits per heavy atom. The second-order valence-corrected chi connectivity index (χ2v) is 6.86. The number of rotatable bonds is 2. The summed E-state index contributed by atoms with van der Waals surface area (Å²) < 4.78 is 1.06. The lowest BCUT2D eigenvalue weighted by Gasteiger charge is -2.04. The van der Waals surface area contributed by atoms with Gasteiger partial charge in [0.05, 0.1) is 5.69 Å². The Bertz CT molecular complexity index is 844. The van der Waals surface area contributed by atoms with Crippen LogP contribution in [0.2, 0.25) is 0 Å². The number of aromatic nitrogens is 1. The summed E-state index contributed by atoms with van der Waals surface area (Å²) in [4.78, 5) is 18.1. The molecule has 0 saturated heterocycles. The average molecular weight is 409 g/mol. The molecule has 2 aromatic heterocycles. The van der Waals surface area contributed by atoms with Gasteiger partial charge in [0.15, 0.2) is 0 Å². The van der Waals surface area contributed by atoms with Gasteiger partial charge in [-0.15, -0.1) is 11.3 Å². The Hall–Kier alpha value is -1.67. The van der Waals surface area contributed by atoms with Gasteiger partial charge >= 0.3 is 0 Å². The SMILES string of the molecule is Cc1ccc2c(N)c(C(=O)Nc3cccc(I)c3)sc2n1. The van der Waals surface area contributed by atoms with Crippen molar-refractivity contribution >= 4 is 61.4 Å². The minimum atomic E-state index is -0.199. The van der Waals surface area contributed by atoms with Crippen molar-refractivity contribution in [2.45, 2.75) is 6.92 Å². The quantitative estimate of drug-likeness (QED) is 0.628. The fourth-order valence-electron chi connectivity index (χ4n) is 2.01. The zero-order valence-corrected chi connectivity index (χ0v) is 14.2. The Balaban J connectivity index is 1.96. The molecule has 0 aliphatic carbocycles. The van der Waals surface area contributed by atoms with Gasteiger partial charge in [-0.1, -0.05) is 6.07 Å². The lowest BCUT2D eigenvalue weighted by Crippen LogP contribution is -2.11. The Labute approximate surface area is 139 Å². The summed E-state index contributed by atoms with van der Waals surface area (Å²) in [5, 5.41) is 3.71. The summed E-state index contributed by atoms with van der Waals surface area (Å²) in [7, 11) is 0. The molecule has 0 fully saturated rings. The third-order valence-electron chi connectivity index (χ3n) is 3.02. The predicted molar refractivity (Wildman–Crippen MR) is 95.9 cm³/mol. The van der Waals surface area contributed by atoms with Gasteiger partial charge in [0.2, 0.25) is 0 Å². The van der Waals surface area contributed by atoms with Crippen LogP contribution < -0.4 is 11.1 Å². The summed E-state index contributed by atoms with van der Waals surface area (Å²) in [6.07, 6.45) is 0. The van der Waals surface area contributed by atoms with Crippen LogP contribution in [0.1, 0.15) is 15.4 Å². The Morgan fingerprint density at radius 2 is 2.14 bits per heavy atom. The third kappa shape index (κ3) is 2.86. The summed E-state index contributed by atoms with van der Waals surface area (Å²) in [5.74, 6) is -0.199.